The van der Waals surface area contributed by atoms with Gasteiger partial charge in [-0.25, -0.2) is 0 Å². The Kier molecular flexibility index (Phi) is 6.94. The number of carbonyl (C=O) groups excluding carboxylic acids is 3. The van der Waals surface area contributed by atoms with Crippen molar-refractivity contribution in [3.63, 3.8) is 0 Å². The Morgan fingerprint density at radius 3 is 2.69 bits per heavy atom. The number of aliphatic carboxylic acids is 1. The normalized spacial score (nSPS) is 22.1. The van der Waals surface area contributed by atoms with Gasteiger partial charge in [0.25, 0.3) is 5.91 Å². The molecule has 26 heavy (non-hydrogen) atoms. The summed E-state index contributed by atoms with van der Waals surface area (Å²) in [5.74, 6) is -2.77. The molecule has 2 heterocycles. The number of hydrogen-bond donors (Lipinski definition) is 2. The number of thioether (sulfide) groups is 1. The van der Waals surface area contributed by atoms with Crippen LogP contribution >= 0.6 is 11.8 Å². The number of aliphatic hydroxyl groups excluding tert-OH is 1. The fraction of sp³-hybridized carbons (Fsp3) is 0.312. The van der Waals surface area contributed by atoms with Gasteiger partial charge in [-0.05, 0) is 25.1 Å². The van der Waals surface area contributed by atoms with Crippen LogP contribution < -0.4 is 66.5 Å². The standard InChI is InChI=1S/C16H16N2O6S.K/c1-7(19)10-13(21)18-11(15(22)23)16(25-14(10)18)24-9-5-3-4-8(6-9)12(20)17-2;/h3-7,10,14,19H,1-2H3,(H,17,20)(H,22,23);/q;+1/p-1/t7-,10+,14-;/m1./s1. The zero-order valence-electron chi connectivity index (χ0n) is 14.4. The predicted molar refractivity (Wildman–Crippen MR) is 85.9 cm³/mol. The number of carbonyl (C=O) groups is 3. The number of benzene rings is 1. The number of rotatable bonds is 5. The van der Waals surface area contributed by atoms with Crippen LogP contribution in [0.1, 0.15) is 17.3 Å². The zero-order valence-corrected chi connectivity index (χ0v) is 18.3. The van der Waals surface area contributed by atoms with E-state index in [1.165, 1.54) is 20.0 Å². The van der Waals surface area contributed by atoms with E-state index in [0.717, 1.165) is 16.7 Å². The van der Waals surface area contributed by atoms with Gasteiger partial charge in [0.05, 0.1) is 18.0 Å². The van der Waals surface area contributed by atoms with Gasteiger partial charge in [-0.1, -0.05) is 17.8 Å². The summed E-state index contributed by atoms with van der Waals surface area (Å²) in [5.41, 5.74) is -0.0120. The molecular formula is C16H15KN2O6S. The third-order valence-corrected chi connectivity index (χ3v) is 5.23. The monoisotopic (exact) mass is 402 g/mol. The molecule has 2 N–H and O–H groups in total. The van der Waals surface area contributed by atoms with Crippen LogP contribution in [-0.4, -0.2) is 46.3 Å². The number of nitrogens with one attached hydrogen (secondary N) is 1. The van der Waals surface area contributed by atoms with E-state index in [2.05, 4.69) is 5.32 Å². The van der Waals surface area contributed by atoms with E-state index in [0.29, 0.717) is 5.56 Å². The molecule has 132 valence electrons. The third kappa shape index (κ3) is 3.72. The van der Waals surface area contributed by atoms with Crippen LogP contribution in [0.2, 0.25) is 0 Å². The molecule has 2 aliphatic rings. The Morgan fingerprint density at radius 2 is 2.12 bits per heavy atom. The van der Waals surface area contributed by atoms with E-state index in [9.17, 15) is 24.6 Å². The summed E-state index contributed by atoms with van der Waals surface area (Å²) in [6.45, 7) is 1.48. The summed E-state index contributed by atoms with van der Waals surface area (Å²) in [4.78, 5) is 36.3. The molecule has 0 unspecified atom stereocenters. The molecule has 2 aliphatic heterocycles. The second-order valence-corrected chi connectivity index (χ2v) is 6.71. The van der Waals surface area contributed by atoms with Crippen molar-refractivity contribution in [3.8, 4) is 5.75 Å². The van der Waals surface area contributed by atoms with E-state index in [1.54, 1.807) is 18.2 Å². The number of amides is 2. The molecule has 0 aliphatic carbocycles. The molecule has 0 saturated carbocycles. The quantitative estimate of drug-likeness (QED) is 0.384. The van der Waals surface area contributed by atoms with Crippen molar-refractivity contribution < 1.29 is 80.7 Å². The van der Waals surface area contributed by atoms with Gasteiger partial charge >= 0.3 is 51.4 Å². The van der Waals surface area contributed by atoms with Gasteiger partial charge in [-0.3, -0.25) is 14.5 Å². The van der Waals surface area contributed by atoms with Crippen LogP contribution in [0.25, 0.3) is 0 Å². The predicted octanol–water partition coefficient (Wildman–Crippen LogP) is -3.74. The number of hydrogen-bond acceptors (Lipinski definition) is 7. The van der Waals surface area contributed by atoms with Crippen LogP contribution in [0.5, 0.6) is 5.75 Å². The second-order valence-electron chi connectivity index (χ2n) is 5.62. The van der Waals surface area contributed by atoms with E-state index >= 15 is 0 Å². The Labute approximate surface area is 196 Å². The summed E-state index contributed by atoms with van der Waals surface area (Å²) in [6.07, 6.45) is -0.903. The van der Waals surface area contributed by atoms with Crippen molar-refractivity contribution in [1.82, 2.24) is 10.2 Å². The van der Waals surface area contributed by atoms with Gasteiger partial charge in [0.2, 0.25) is 5.91 Å². The van der Waals surface area contributed by atoms with Crippen molar-refractivity contribution >= 4 is 29.5 Å². The van der Waals surface area contributed by atoms with Gasteiger partial charge in [0, 0.05) is 12.6 Å². The number of carboxylic acid groups (broad SMARTS) is 1. The average molecular weight is 402 g/mol. The molecule has 1 fully saturated rings. The number of carboxylic acids is 1. The minimum atomic E-state index is -1.54. The van der Waals surface area contributed by atoms with Crippen molar-refractivity contribution in [2.45, 2.75) is 18.4 Å². The number of fused-ring (bicyclic) bond motifs is 1. The maximum atomic E-state index is 12.1. The maximum Gasteiger partial charge on any atom is 1.00 e. The molecule has 2 amide bonds. The summed E-state index contributed by atoms with van der Waals surface area (Å²) in [5, 5.41) is 23.1. The maximum absolute atomic E-state index is 12.1. The minimum absolute atomic E-state index is 0. The molecule has 3 rings (SSSR count). The van der Waals surface area contributed by atoms with Crippen molar-refractivity contribution in [3.05, 3.63) is 40.6 Å². The first kappa shape index (κ1) is 21.4. The smallest absolute Gasteiger partial charge is 0.543 e. The van der Waals surface area contributed by atoms with E-state index in [4.69, 9.17) is 4.74 Å². The van der Waals surface area contributed by atoms with Crippen molar-refractivity contribution in [2.75, 3.05) is 7.05 Å². The fourth-order valence-electron chi connectivity index (χ4n) is 2.76. The van der Waals surface area contributed by atoms with E-state index < -0.39 is 29.3 Å². The largest absolute Gasteiger partial charge is 1.00 e. The molecule has 0 bridgehead atoms. The molecular weight excluding hydrogens is 387 g/mol. The number of aliphatic hydroxyl groups is 1. The van der Waals surface area contributed by atoms with Crippen LogP contribution in [-0.2, 0) is 9.59 Å². The van der Waals surface area contributed by atoms with E-state index in [-0.39, 0.29) is 73.8 Å². The van der Waals surface area contributed by atoms with E-state index in [1.807, 2.05) is 0 Å². The second kappa shape index (κ2) is 8.42. The molecule has 1 aromatic carbocycles. The first-order chi connectivity index (χ1) is 11.8. The number of β-lactam (4-membered cyclic amide) rings is 1. The fourth-order valence-corrected chi connectivity index (χ4v) is 4.23. The molecule has 10 heteroatoms. The summed E-state index contributed by atoms with van der Waals surface area (Å²) >= 11 is 1.03. The average Bonchev–Trinajstić information content (AvgIpc) is 2.88. The molecule has 8 nitrogen and oxygen atoms in total. The summed E-state index contributed by atoms with van der Waals surface area (Å²) in [6, 6.07) is 6.21. The van der Waals surface area contributed by atoms with Gasteiger partial charge in [-0.2, -0.15) is 0 Å². The van der Waals surface area contributed by atoms with Crippen LogP contribution in [0.3, 0.4) is 0 Å². The topological polar surface area (TPSA) is 119 Å². The van der Waals surface area contributed by atoms with Crippen LogP contribution in [0.15, 0.2) is 35.1 Å². The molecule has 3 atom stereocenters. The Bertz CT molecular complexity index is 797. The molecule has 0 aromatic heterocycles. The number of nitrogens with zero attached hydrogens (tertiary/aromatic N) is 1. The van der Waals surface area contributed by atoms with Crippen LogP contribution in [0, 0.1) is 5.92 Å². The van der Waals surface area contributed by atoms with Crippen LogP contribution in [0.4, 0.5) is 0 Å². The Balaban J connectivity index is 0.00000243. The molecule has 0 radical (unpaired) electrons. The molecule has 0 spiro atoms. The van der Waals surface area contributed by atoms with Gasteiger partial charge in [0.1, 0.15) is 16.8 Å². The third-order valence-electron chi connectivity index (χ3n) is 3.99. The summed E-state index contributed by atoms with van der Waals surface area (Å²) < 4.78 is 5.61. The SMILES string of the molecule is CNC(=O)c1cccc(OC2=C(C(=O)[O-])N3C(=O)[C@H]([C@@H](C)O)[C@H]3S2)c1.[K+]. The van der Waals surface area contributed by atoms with Gasteiger partial charge in [-0.15, -0.1) is 0 Å². The Hall–Kier alpha value is -0.884. The first-order valence-electron chi connectivity index (χ1n) is 7.48. The molecule has 1 aromatic rings. The van der Waals surface area contributed by atoms with Crippen molar-refractivity contribution in [1.29, 1.82) is 0 Å². The first-order valence-corrected chi connectivity index (χ1v) is 8.36. The molecule has 1 saturated heterocycles. The Morgan fingerprint density at radius 1 is 1.42 bits per heavy atom. The minimum Gasteiger partial charge on any atom is -0.543 e. The van der Waals surface area contributed by atoms with Gasteiger partial charge < -0.3 is 25.1 Å². The zero-order chi connectivity index (χ0) is 18.3. The summed E-state index contributed by atoms with van der Waals surface area (Å²) in [7, 11) is 1.49. The van der Waals surface area contributed by atoms with Crippen molar-refractivity contribution in [2.24, 2.45) is 5.92 Å². The van der Waals surface area contributed by atoms with Gasteiger partial charge in [0.15, 0.2) is 5.09 Å². The number of ether oxygens (including phenoxy) is 1.